The molecule has 0 saturated heterocycles. The van der Waals surface area contributed by atoms with E-state index in [9.17, 15) is 4.39 Å². The first-order chi connectivity index (χ1) is 9.65. The Kier molecular flexibility index (Phi) is 4.99. The molecule has 106 valence electrons. The van der Waals surface area contributed by atoms with Crippen molar-refractivity contribution < 1.29 is 9.13 Å². The largest absolute Gasteiger partial charge is 0.496 e. The van der Waals surface area contributed by atoms with E-state index in [4.69, 9.17) is 16.3 Å². The van der Waals surface area contributed by atoms with E-state index in [1.807, 2.05) is 31.3 Å². The molecule has 2 aromatic carbocycles. The maximum atomic E-state index is 13.1. The summed E-state index contributed by atoms with van der Waals surface area (Å²) in [6, 6.07) is 12.3. The molecule has 4 heteroatoms. The van der Waals surface area contributed by atoms with Crippen LogP contribution in [0, 0.1) is 5.82 Å². The lowest BCUT2D eigenvalue weighted by Crippen LogP contribution is -2.19. The fraction of sp³-hybridized carbons (Fsp3) is 0.250. The topological polar surface area (TPSA) is 21.3 Å². The monoisotopic (exact) mass is 293 g/mol. The SMILES string of the molecule is CNC(Cc1ccccc1OC)c1ccc(F)cc1Cl. The smallest absolute Gasteiger partial charge is 0.124 e. The highest BCUT2D eigenvalue weighted by atomic mass is 35.5. The first kappa shape index (κ1) is 14.8. The molecule has 2 rings (SSSR count). The molecule has 0 aromatic heterocycles. The molecule has 1 atom stereocenters. The summed E-state index contributed by atoms with van der Waals surface area (Å²) in [5.41, 5.74) is 1.95. The maximum Gasteiger partial charge on any atom is 0.124 e. The van der Waals surface area contributed by atoms with E-state index in [1.54, 1.807) is 13.2 Å². The van der Waals surface area contributed by atoms with Crippen LogP contribution in [0.15, 0.2) is 42.5 Å². The molecule has 0 spiro atoms. The van der Waals surface area contributed by atoms with Gasteiger partial charge in [-0.2, -0.15) is 0 Å². The molecule has 0 amide bonds. The number of hydrogen-bond donors (Lipinski definition) is 1. The van der Waals surface area contributed by atoms with Crippen molar-refractivity contribution in [3.63, 3.8) is 0 Å². The Morgan fingerprint density at radius 3 is 2.65 bits per heavy atom. The molecule has 2 aromatic rings. The van der Waals surface area contributed by atoms with Gasteiger partial charge in [0.15, 0.2) is 0 Å². The van der Waals surface area contributed by atoms with Crippen molar-refractivity contribution in [1.29, 1.82) is 0 Å². The van der Waals surface area contributed by atoms with Crippen LogP contribution >= 0.6 is 11.6 Å². The van der Waals surface area contributed by atoms with Gasteiger partial charge in [-0.1, -0.05) is 35.9 Å². The number of halogens is 2. The van der Waals surface area contributed by atoms with Gasteiger partial charge in [0.05, 0.1) is 7.11 Å². The molecule has 2 nitrogen and oxygen atoms in total. The van der Waals surface area contributed by atoms with Crippen LogP contribution in [-0.4, -0.2) is 14.2 Å². The van der Waals surface area contributed by atoms with Crippen molar-refractivity contribution in [3.05, 3.63) is 64.4 Å². The zero-order chi connectivity index (χ0) is 14.5. The van der Waals surface area contributed by atoms with Gasteiger partial charge in [0.1, 0.15) is 11.6 Å². The molecule has 0 heterocycles. The number of likely N-dealkylation sites (N-methyl/N-ethyl adjacent to an activating group) is 1. The number of para-hydroxylation sites is 1. The first-order valence-electron chi connectivity index (χ1n) is 6.39. The van der Waals surface area contributed by atoms with Crippen LogP contribution in [-0.2, 0) is 6.42 Å². The number of benzene rings is 2. The molecule has 20 heavy (non-hydrogen) atoms. The molecule has 0 bridgehead atoms. The average molecular weight is 294 g/mol. The molecule has 0 aliphatic heterocycles. The third kappa shape index (κ3) is 3.30. The number of methoxy groups -OCH3 is 1. The van der Waals surface area contributed by atoms with Crippen LogP contribution in [0.1, 0.15) is 17.2 Å². The molecule has 1 unspecified atom stereocenters. The molecule has 0 saturated carbocycles. The Labute approximate surface area is 123 Å². The average Bonchev–Trinajstić information content (AvgIpc) is 2.46. The number of hydrogen-bond acceptors (Lipinski definition) is 2. The Morgan fingerprint density at radius 2 is 2.00 bits per heavy atom. The van der Waals surface area contributed by atoms with E-state index >= 15 is 0 Å². The van der Waals surface area contributed by atoms with Gasteiger partial charge in [-0.05, 0) is 42.8 Å². The summed E-state index contributed by atoms with van der Waals surface area (Å²) < 4.78 is 18.5. The molecule has 0 aliphatic rings. The van der Waals surface area contributed by atoms with Crippen LogP contribution < -0.4 is 10.1 Å². The number of rotatable bonds is 5. The van der Waals surface area contributed by atoms with Crippen LogP contribution in [0.5, 0.6) is 5.75 Å². The van der Waals surface area contributed by atoms with Crippen molar-refractivity contribution in [2.45, 2.75) is 12.5 Å². The van der Waals surface area contributed by atoms with E-state index in [-0.39, 0.29) is 11.9 Å². The van der Waals surface area contributed by atoms with E-state index in [1.165, 1.54) is 12.1 Å². The summed E-state index contributed by atoms with van der Waals surface area (Å²) in [5.74, 6) is 0.511. The van der Waals surface area contributed by atoms with Crippen LogP contribution in [0.25, 0.3) is 0 Å². The summed E-state index contributed by atoms with van der Waals surface area (Å²) in [4.78, 5) is 0. The third-order valence-corrected chi connectivity index (χ3v) is 3.63. The van der Waals surface area contributed by atoms with Crippen LogP contribution in [0.2, 0.25) is 5.02 Å². The minimum atomic E-state index is -0.328. The van der Waals surface area contributed by atoms with Gasteiger partial charge in [0.25, 0.3) is 0 Å². The lowest BCUT2D eigenvalue weighted by Gasteiger charge is -2.19. The normalized spacial score (nSPS) is 12.2. The van der Waals surface area contributed by atoms with Gasteiger partial charge in [0, 0.05) is 11.1 Å². The molecule has 0 fully saturated rings. The van der Waals surface area contributed by atoms with Crippen molar-refractivity contribution in [2.75, 3.05) is 14.2 Å². The quantitative estimate of drug-likeness (QED) is 0.900. The van der Waals surface area contributed by atoms with Gasteiger partial charge in [0.2, 0.25) is 0 Å². The summed E-state index contributed by atoms with van der Waals surface area (Å²) in [6.07, 6.45) is 0.714. The van der Waals surface area contributed by atoms with Gasteiger partial charge in [-0.25, -0.2) is 4.39 Å². The highest BCUT2D eigenvalue weighted by molar-refractivity contribution is 6.31. The molecule has 1 N–H and O–H groups in total. The Hall–Kier alpha value is -1.58. The second-order valence-corrected chi connectivity index (χ2v) is 4.93. The first-order valence-corrected chi connectivity index (χ1v) is 6.77. The predicted molar refractivity (Wildman–Crippen MR) is 79.9 cm³/mol. The predicted octanol–water partition coefficient (Wildman–Crippen LogP) is 3.99. The van der Waals surface area contributed by atoms with E-state index in [0.717, 1.165) is 16.9 Å². The van der Waals surface area contributed by atoms with Gasteiger partial charge < -0.3 is 10.1 Å². The minimum absolute atomic E-state index is 0.000556. The van der Waals surface area contributed by atoms with E-state index in [0.29, 0.717) is 11.4 Å². The van der Waals surface area contributed by atoms with Crippen LogP contribution in [0.3, 0.4) is 0 Å². The molecular weight excluding hydrogens is 277 g/mol. The summed E-state index contributed by atoms with van der Waals surface area (Å²) in [7, 11) is 3.51. The minimum Gasteiger partial charge on any atom is -0.496 e. The Bertz CT molecular complexity index is 588. The second kappa shape index (κ2) is 6.73. The van der Waals surface area contributed by atoms with Crippen molar-refractivity contribution >= 4 is 11.6 Å². The fourth-order valence-electron chi connectivity index (χ4n) is 2.24. The molecule has 0 radical (unpaired) electrons. The highest BCUT2D eigenvalue weighted by Crippen LogP contribution is 2.29. The number of ether oxygens (including phenoxy) is 1. The number of nitrogens with one attached hydrogen (secondary N) is 1. The molecular formula is C16H17ClFNO. The van der Waals surface area contributed by atoms with E-state index < -0.39 is 0 Å². The van der Waals surface area contributed by atoms with E-state index in [2.05, 4.69) is 5.32 Å². The Morgan fingerprint density at radius 1 is 1.25 bits per heavy atom. The van der Waals surface area contributed by atoms with Crippen molar-refractivity contribution in [3.8, 4) is 5.75 Å². The van der Waals surface area contributed by atoms with Crippen molar-refractivity contribution in [2.24, 2.45) is 0 Å². The maximum absolute atomic E-state index is 13.1. The zero-order valence-electron chi connectivity index (χ0n) is 11.5. The standard InChI is InChI=1S/C16H17ClFNO/c1-19-15(13-8-7-12(18)10-14(13)17)9-11-5-3-4-6-16(11)20-2/h3-8,10,15,19H,9H2,1-2H3. The Balaban J connectivity index is 2.29. The highest BCUT2D eigenvalue weighted by Gasteiger charge is 2.16. The lowest BCUT2D eigenvalue weighted by atomic mass is 9.98. The van der Waals surface area contributed by atoms with Gasteiger partial charge in [-0.3, -0.25) is 0 Å². The van der Waals surface area contributed by atoms with Gasteiger partial charge >= 0.3 is 0 Å². The zero-order valence-corrected chi connectivity index (χ0v) is 12.2. The fourth-order valence-corrected chi connectivity index (χ4v) is 2.54. The van der Waals surface area contributed by atoms with Crippen molar-refractivity contribution in [1.82, 2.24) is 5.32 Å². The summed E-state index contributed by atoms with van der Waals surface area (Å²) >= 11 is 6.13. The second-order valence-electron chi connectivity index (χ2n) is 4.52. The summed E-state index contributed by atoms with van der Waals surface area (Å²) in [6.45, 7) is 0. The summed E-state index contributed by atoms with van der Waals surface area (Å²) in [5, 5.41) is 3.65. The van der Waals surface area contributed by atoms with Crippen LogP contribution in [0.4, 0.5) is 4.39 Å². The molecule has 0 aliphatic carbocycles. The third-order valence-electron chi connectivity index (χ3n) is 3.30. The van der Waals surface area contributed by atoms with Gasteiger partial charge in [-0.15, -0.1) is 0 Å². The lowest BCUT2D eigenvalue weighted by molar-refractivity contribution is 0.406.